The van der Waals surface area contributed by atoms with Crippen molar-refractivity contribution in [1.29, 1.82) is 0 Å². The third kappa shape index (κ3) is 7.00. The minimum absolute atomic E-state index is 0.0741. The Labute approximate surface area is 192 Å². The number of ketones is 1. The van der Waals surface area contributed by atoms with E-state index in [-0.39, 0.29) is 5.78 Å². The van der Waals surface area contributed by atoms with Gasteiger partial charge in [0.15, 0.2) is 5.78 Å². The van der Waals surface area contributed by atoms with E-state index in [0.717, 1.165) is 60.2 Å². The van der Waals surface area contributed by atoms with Crippen LogP contribution in [0.15, 0.2) is 35.3 Å². The number of halogens is 1. The third-order valence-corrected chi connectivity index (χ3v) is 5.44. The molecule has 6 heteroatoms. The quantitative estimate of drug-likeness (QED) is 0.118. The largest absolute Gasteiger partial charge is 0.330 e. The number of Topliss-reactive ketones (excluding diaryl/α,β-unsaturated/α-hetero) is 1. The van der Waals surface area contributed by atoms with Crippen LogP contribution >= 0.6 is 24.2 Å². The van der Waals surface area contributed by atoms with E-state index in [4.69, 9.17) is 22.4 Å². The first-order chi connectivity index (χ1) is 14.5. The van der Waals surface area contributed by atoms with E-state index in [1.54, 1.807) is 0 Å². The van der Waals surface area contributed by atoms with Gasteiger partial charge in [0.25, 0.3) is 0 Å². The lowest BCUT2D eigenvalue weighted by Gasteiger charge is -2.15. The number of nitrogens with two attached hydrogens (primary N) is 1. The first-order valence-electron chi connectivity index (χ1n) is 10.8. The van der Waals surface area contributed by atoms with Gasteiger partial charge in [-0.15, -0.1) is 11.6 Å². The van der Waals surface area contributed by atoms with Gasteiger partial charge >= 0.3 is 0 Å². The van der Waals surface area contributed by atoms with Gasteiger partial charge in [0.2, 0.25) is 0 Å². The van der Waals surface area contributed by atoms with Gasteiger partial charge in [0.1, 0.15) is 5.69 Å². The molecule has 0 spiro atoms. The van der Waals surface area contributed by atoms with Crippen LogP contribution in [0.2, 0.25) is 0 Å². The molecule has 0 bridgehead atoms. The molecule has 4 nitrogen and oxygen atoms in total. The number of carbonyl (C=O) groups is 1. The summed E-state index contributed by atoms with van der Waals surface area (Å²) in [5, 5.41) is 6.61. The second-order valence-electron chi connectivity index (χ2n) is 7.06. The average molecular weight is 450 g/mol. The Morgan fingerprint density at radius 2 is 2.00 bits per heavy atom. The maximum Gasteiger partial charge on any atom is 0.183 e. The molecular weight excluding hydrogens is 414 g/mol. The highest BCUT2D eigenvalue weighted by atomic mass is 35.5. The minimum Gasteiger partial charge on any atom is -0.330 e. The normalized spacial score (nSPS) is 13.5. The third-order valence-electron chi connectivity index (χ3n) is 4.95. The van der Waals surface area contributed by atoms with Gasteiger partial charge in [0, 0.05) is 17.9 Å². The number of carbonyl (C=O) groups excluding carboxylic acids is 1. The molecule has 0 aromatic carbocycles. The van der Waals surface area contributed by atoms with Crippen LogP contribution in [0.5, 0.6) is 0 Å². The predicted octanol–water partition coefficient (Wildman–Crippen LogP) is 6.57. The van der Waals surface area contributed by atoms with E-state index in [2.05, 4.69) is 32.6 Å². The molecule has 2 N–H and O–H groups in total. The van der Waals surface area contributed by atoms with Crippen molar-refractivity contribution in [3.05, 3.63) is 52.2 Å². The SMILES string of the molecule is C/C=C(\C(=C/S)CC)n1nc(C(=O)CCCCCN)c(C)c1C(/C=C\CCl)=C/CC. The van der Waals surface area contributed by atoms with Gasteiger partial charge in [-0.05, 0) is 62.6 Å². The summed E-state index contributed by atoms with van der Waals surface area (Å²) < 4.78 is 1.90. The topological polar surface area (TPSA) is 60.9 Å². The first kappa shape index (κ1) is 26.5. The Morgan fingerprint density at radius 1 is 1.27 bits per heavy atom. The monoisotopic (exact) mass is 449 g/mol. The lowest BCUT2D eigenvalue weighted by atomic mass is 10.0. The molecule has 0 saturated carbocycles. The fourth-order valence-corrected chi connectivity index (χ4v) is 3.82. The van der Waals surface area contributed by atoms with Gasteiger partial charge < -0.3 is 5.73 Å². The molecule has 0 radical (unpaired) electrons. The van der Waals surface area contributed by atoms with E-state index >= 15 is 0 Å². The van der Waals surface area contributed by atoms with Crippen LogP contribution in [0.25, 0.3) is 11.3 Å². The molecule has 0 saturated heterocycles. The van der Waals surface area contributed by atoms with Crippen LogP contribution in [0, 0.1) is 6.92 Å². The molecule has 30 heavy (non-hydrogen) atoms. The Kier molecular flexibility index (Phi) is 12.7. The molecule has 0 fully saturated rings. The van der Waals surface area contributed by atoms with Crippen molar-refractivity contribution in [2.24, 2.45) is 5.73 Å². The molecule has 0 atom stereocenters. The maximum atomic E-state index is 13.0. The molecule has 0 aliphatic rings. The summed E-state index contributed by atoms with van der Waals surface area (Å²) in [5.41, 5.74) is 10.9. The van der Waals surface area contributed by atoms with Crippen molar-refractivity contribution < 1.29 is 4.79 Å². The number of aromatic nitrogens is 2. The van der Waals surface area contributed by atoms with Crippen LogP contribution in [-0.2, 0) is 0 Å². The Balaban J connectivity index is 3.59. The van der Waals surface area contributed by atoms with E-state index < -0.39 is 0 Å². The van der Waals surface area contributed by atoms with Crippen molar-refractivity contribution in [3.63, 3.8) is 0 Å². The number of alkyl halides is 1. The van der Waals surface area contributed by atoms with E-state index in [1.165, 1.54) is 0 Å². The number of rotatable bonds is 13. The highest BCUT2D eigenvalue weighted by molar-refractivity contribution is 7.83. The Morgan fingerprint density at radius 3 is 2.53 bits per heavy atom. The van der Waals surface area contributed by atoms with E-state index in [0.29, 0.717) is 24.5 Å². The zero-order valence-corrected chi connectivity index (χ0v) is 20.4. The Bertz CT molecular complexity index is 819. The lowest BCUT2D eigenvalue weighted by Crippen LogP contribution is -2.07. The van der Waals surface area contributed by atoms with Crippen molar-refractivity contribution >= 4 is 41.3 Å². The van der Waals surface area contributed by atoms with Crippen molar-refractivity contribution in [1.82, 2.24) is 9.78 Å². The molecule has 1 heterocycles. The molecule has 166 valence electrons. The summed E-state index contributed by atoms with van der Waals surface area (Å²) in [6, 6.07) is 0. The van der Waals surface area contributed by atoms with Crippen LogP contribution in [0.4, 0.5) is 0 Å². The van der Waals surface area contributed by atoms with Gasteiger partial charge in [-0.3, -0.25) is 4.79 Å². The fraction of sp³-hybridized carbons (Fsp3) is 0.500. The summed E-state index contributed by atoms with van der Waals surface area (Å²) in [5.74, 6) is 0.499. The summed E-state index contributed by atoms with van der Waals surface area (Å²) in [4.78, 5) is 13.0. The van der Waals surface area contributed by atoms with Crippen molar-refractivity contribution in [2.45, 2.75) is 66.2 Å². The van der Waals surface area contributed by atoms with Crippen LogP contribution in [-0.4, -0.2) is 28.0 Å². The number of unbranched alkanes of at least 4 members (excludes halogenated alkanes) is 2. The molecular formula is C24H36ClN3OS. The summed E-state index contributed by atoms with van der Waals surface area (Å²) >= 11 is 10.3. The van der Waals surface area contributed by atoms with Crippen LogP contribution in [0.1, 0.15) is 81.0 Å². The Hall–Kier alpha value is -1.56. The van der Waals surface area contributed by atoms with Crippen molar-refractivity contribution in [2.75, 3.05) is 12.4 Å². The van der Waals surface area contributed by atoms with Crippen molar-refractivity contribution in [3.8, 4) is 0 Å². The molecule has 0 unspecified atom stereocenters. The number of nitrogens with zero attached hydrogens (tertiary/aromatic N) is 2. The highest BCUT2D eigenvalue weighted by Gasteiger charge is 2.23. The van der Waals surface area contributed by atoms with Gasteiger partial charge in [0.05, 0.1) is 11.4 Å². The zero-order chi connectivity index (χ0) is 22.5. The summed E-state index contributed by atoms with van der Waals surface area (Å²) in [6.07, 6.45) is 13.0. The smallest absolute Gasteiger partial charge is 0.183 e. The number of hydrogen-bond acceptors (Lipinski definition) is 4. The molecule has 1 aromatic heterocycles. The van der Waals surface area contributed by atoms with Gasteiger partial charge in [-0.1, -0.05) is 44.6 Å². The number of allylic oxidation sites excluding steroid dienone is 7. The lowest BCUT2D eigenvalue weighted by molar-refractivity contribution is 0.0973. The van der Waals surface area contributed by atoms with E-state index in [1.807, 2.05) is 42.2 Å². The van der Waals surface area contributed by atoms with Gasteiger partial charge in [-0.2, -0.15) is 17.7 Å². The predicted molar refractivity (Wildman–Crippen MR) is 134 cm³/mol. The summed E-state index contributed by atoms with van der Waals surface area (Å²) in [6.45, 7) is 8.80. The minimum atomic E-state index is 0.0741. The highest BCUT2D eigenvalue weighted by Crippen LogP contribution is 2.31. The molecule has 1 rings (SSSR count). The molecule has 1 aromatic rings. The zero-order valence-electron chi connectivity index (χ0n) is 18.7. The van der Waals surface area contributed by atoms with E-state index in [9.17, 15) is 4.79 Å². The van der Waals surface area contributed by atoms with Crippen LogP contribution < -0.4 is 5.73 Å². The first-order valence-corrected chi connectivity index (χ1v) is 11.8. The molecule has 0 aliphatic heterocycles. The molecule has 0 amide bonds. The standard InChI is InChI=1S/C24H36ClN3OS/c1-5-12-20(13-11-15-25)24-18(4)23(22(29)14-9-8-10-16-26)27-28(24)21(7-3)19(6-2)17-30/h7,11-13,17,30H,5-6,8-10,14-16,26H2,1-4H3/b13-11-,19-17-,20-12+,21-7+. The number of hydrogen-bond donors (Lipinski definition) is 2. The second kappa shape index (κ2) is 14.4. The fourth-order valence-electron chi connectivity index (χ4n) is 3.42. The second-order valence-corrected chi connectivity index (χ2v) is 7.63. The maximum absolute atomic E-state index is 13.0. The average Bonchev–Trinajstić information content (AvgIpc) is 3.08. The number of thiol groups is 1. The van der Waals surface area contributed by atoms with Gasteiger partial charge in [-0.25, -0.2) is 4.68 Å². The van der Waals surface area contributed by atoms with Crippen LogP contribution in [0.3, 0.4) is 0 Å². The summed E-state index contributed by atoms with van der Waals surface area (Å²) in [7, 11) is 0. The molecule has 0 aliphatic carbocycles.